The molecule has 0 aromatic rings. The average molecular weight is 184 g/mol. The number of halogens is 1. The summed E-state index contributed by atoms with van der Waals surface area (Å²) in [5, 5.41) is -1.88. The molecule has 0 aliphatic rings. The van der Waals surface area contributed by atoms with Crippen LogP contribution in [0, 0.1) is 5.92 Å². The lowest BCUT2D eigenvalue weighted by atomic mass is 10.1. The second kappa shape index (κ2) is 4.05. The van der Waals surface area contributed by atoms with Crippen molar-refractivity contribution in [1.29, 1.82) is 0 Å². The Kier molecular flexibility index (Phi) is 4.08. The van der Waals surface area contributed by atoms with Gasteiger partial charge in [0.15, 0.2) is 0 Å². The van der Waals surface area contributed by atoms with Crippen molar-refractivity contribution in [2.24, 2.45) is 5.92 Å². The molecule has 0 heterocycles. The topological polar surface area (TPSA) is 57.2 Å². The normalized spacial score (nSPS) is 16.9. The average Bonchev–Trinajstić information content (AvgIpc) is 1.59. The first-order valence-corrected chi connectivity index (χ1v) is 4.25. The standard InChI is InChI=1S/C5H9ClO3S/c1-3(2)4(5(6)7)10(8)9/h3-4H,1-2H3,(H,8,9)/p-1. The Bertz CT molecular complexity index is 143. The minimum Gasteiger partial charge on any atom is -0.772 e. The number of hydrogen-bond donors (Lipinski definition) is 0. The molecule has 3 nitrogen and oxygen atoms in total. The molecule has 0 fully saturated rings. The maximum absolute atomic E-state index is 10.4. The van der Waals surface area contributed by atoms with Gasteiger partial charge in [-0.2, -0.15) is 0 Å². The molecular weight excluding hydrogens is 176 g/mol. The maximum Gasteiger partial charge on any atom is 0.236 e. The fraction of sp³-hybridized carbons (Fsp3) is 0.800. The molecule has 0 spiro atoms. The second-order valence-electron chi connectivity index (χ2n) is 2.23. The van der Waals surface area contributed by atoms with Crippen molar-refractivity contribution >= 4 is 27.9 Å². The van der Waals surface area contributed by atoms with Gasteiger partial charge in [0.2, 0.25) is 5.24 Å². The van der Waals surface area contributed by atoms with E-state index in [9.17, 15) is 13.6 Å². The SMILES string of the molecule is CC(C)C(C(=O)Cl)S(=O)[O-]. The van der Waals surface area contributed by atoms with Gasteiger partial charge in [-0.15, -0.1) is 0 Å². The molecule has 0 aromatic carbocycles. The predicted octanol–water partition coefficient (Wildman–Crippen LogP) is 0.655. The van der Waals surface area contributed by atoms with E-state index >= 15 is 0 Å². The Morgan fingerprint density at radius 2 is 2.00 bits per heavy atom. The zero-order valence-electron chi connectivity index (χ0n) is 5.67. The summed E-state index contributed by atoms with van der Waals surface area (Å²) in [6, 6.07) is 0. The smallest absolute Gasteiger partial charge is 0.236 e. The highest BCUT2D eigenvalue weighted by Crippen LogP contribution is 2.10. The molecule has 0 aliphatic carbocycles. The molecule has 0 N–H and O–H groups in total. The highest BCUT2D eigenvalue weighted by Gasteiger charge is 2.20. The van der Waals surface area contributed by atoms with Crippen molar-refractivity contribution in [2.75, 3.05) is 0 Å². The van der Waals surface area contributed by atoms with E-state index in [-0.39, 0.29) is 5.92 Å². The van der Waals surface area contributed by atoms with E-state index in [0.29, 0.717) is 0 Å². The number of carbonyl (C=O) groups excluding carboxylic acids is 1. The Morgan fingerprint density at radius 1 is 1.60 bits per heavy atom. The van der Waals surface area contributed by atoms with Crippen LogP contribution in [0.5, 0.6) is 0 Å². The van der Waals surface area contributed by atoms with Gasteiger partial charge < -0.3 is 4.55 Å². The van der Waals surface area contributed by atoms with E-state index in [4.69, 9.17) is 11.6 Å². The highest BCUT2D eigenvalue weighted by molar-refractivity contribution is 7.81. The van der Waals surface area contributed by atoms with Gasteiger partial charge in [0.25, 0.3) is 0 Å². The van der Waals surface area contributed by atoms with Gasteiger partial charge in [0, 0.05) is 0 Å². The number of hydrogen-bond acceptors (Lipinski definition) is 3. The zero-order valence-corrected chi connectivity index (χ0v) is 7.24. The van der Waals surface area contributed by atoms with Crippen LogP contribution in [-0.2, 0) is 15.9 Å². The van der Waals surface area contributed by atoms with Gasteiger partial charge in [-0.3, -0.25) is 9.00 Å². The summed E-state index contributed by atoms with van der Waals surface area (Å²) in [6.45, 7) is 3.25. The van der Waals surface area contributed by atoms with Crippen molar-refractivity contribution in [3.05, 3.63) is 0 Å². The van der Waals surface area contributed by atoms with Gasteiger partial charge >= 0.3 is 0 Å². The third-order valence-electron chi connectivity index (χ3n) is 1.04. The summed E-state index contributed by atoms with van der Waals surface area (Å²) in [4.78, 5) is 10.4. The van der Waals surface area contributed by atoms with Gasteiger partial charge in [-0.05, 0) is 28.6 Å². The van der Waals surface area contributed by atoms with E-state index < -0.39 is 21.6 Å². The third kappa shape index (κ3) is 2.77. The van der Waals surface area contributed by atoms with Crippen molar-refractivity contribution in [3.63, 3.8) is 0 Å². The van der Waals surface area contributed by atoms with Gasteiger partial charge in [-0.1, -0.05) is 13.8 Å². The number of rotatable bonds is 3. The molecule has 0 saturated carbocycles. The lowest BCUT2D eigenvalue weighted by molar-refractivity contribution is -0.111. The van der Waals surface area contributed by atoms with Crippen LogP contribution < -0.4 is 0 Å². The van der Waals surface area contributed by atoms with E-state index in [2.05, 4.69) is 0 Å². The van der Waals surface area contributed by atoms with Crippen molar-refractivity contribution in [2.45, 2.75) is 19.1 Å². The van der Waals surface area contributed by atoms with E-state index in [0.717, 1.165) is 0 Å². The van der Waals surface area contributed by atoms with Crippen LogP contribution in [0.1, 0.15) is 13.8 Å². The number of carbonyl (C=O) groups is 1. The van der Waals surface area contributed by atoms with E-state index in [1.807, 2.05) is 0 Å². The van der Waals surface area contributed by atoms with Gasteiger partial charge in [0.05, 0.1) is 5.25 Å². The lowest BCUT2D eigenvalue weighted by Gasteiger charge is -2.18. The molecule has 0 aliphatic heterocycles. The van der Waals surface area contributed by atoms with Crippen molar-refractivity contribution in [1.82, 2.24) is 0 Å². The molecule has 0 aromatic heterocycles. The minimum absolute atomic E-state index is 0.261. The molecule has 60 valence electrons. The Hall–Kier alpha value is 0.0700. The summed E-state index contributed by atoms with van der Waals surface area (Å²) in [7, 11) is 0. The summed E-state index contributed by atoms with van der Waals surface area (Å²) in [5.74, 6) is -0.261. The van der Waals surface area contributed by atoms with E-state index in [1.54, 1.807) is 13.8 Å². The summed E-state index contributed by atoms with van der Waals surface area (Å²) < 4.78 is 20.6. The molecule has 0 amide bonds. The molecule has 5 heteroatoms. The molecule has 2 unspecified atom stereocenters. The lowest BCUT2D eigenvalue weighted by Crippen LogP contribution is -2.27. The molecule has 2 atom stereocenters. The first-order chi connectivity index (χ1) is 4.46. The molecule has 0 rings (SSSR count). The van der Waals surface area contributed by atoms with Crippen molar-refractivity contribution < 1.29 is 13.6 Å². The third-order valence-corrected chi connectivity index (χ3v) is 2.57. The zero-order chi connectivity index (χ0) is 8.31. The summed E-state index contributed by atoms with van der Waals surface area (Å²) in [6.07, 6.45) is 0. The summed E-state index contributed by atoms with van der Waals surface area (Å²) >= 11 is 2.61. The van der Waals surface area contributed by atoms with Crippen LogP contribution in [0.15, 0.2) is 0 Å². The van der Waals surface area contributed by atoms with Crippen LogP contribution in [0.2, 0.25) is 0 Å². The van der Waals surface area contributed by atoms with E-state index in [1.165, 1.54) is 0 Å². The molecule has 0 saturated heterocycles. The largest absolute Gasteiger partial charge is 0.772 e. The van der Waals surface area contributed by atoms with Gasteiger partial charge in [-0.25, -0.2) is 0 Å². The Balaban J connectivity index is 4.27. The monoisotopic (exact) mass is 183 g/mol. The highest BCUT2D eigenvalue weighted by atomic mass is 35.5. The minimum atomic E-state index is -2.40. The molecule has 0 bridgehead atoms. The Morgan fingerprint density at radius 3 is 2.00 bits per heavy atom. The van der Waals surface area contributed by atoms with Crippen LogP contribution in [0.25, 0.3) is 0 Å². The Labute approximate surface area is 67.0 Å². The van der Waals surface area contributed by atoms with Crippen molar-refractivity contribution in [3.8, 4) is 0 Å². The molecule has 0 radical (unpaired) electrons. The van der Waals surface area contributed by atoms with Crippen LogP contribution in [0.3, 0.4) is 0 Å². The summed E-state index contributed by atoms with van der Waals surface area (Å²) in [5.41, 5.74) is 0. The second-order valence-corrected chi connectivity index (χ2v) is 3.63. The maximum atomic E-state index is 10.4. The van der Waals surface area contributed by atoms with Crippen LogP contribution >= 0.6 is 11.6 Å². The first-order valence-electron chi connectivity index (χ1n) is 2.74. The fourth-order valence-corrected chi connectivity index (χ4v) is 1.63. The first kappa shape index (κ1) is 10.1. The molecule has 10 heavy (non-hydrogen) atoms. The predicted molar refractivity (Wildman–Crippen MR) is 38.4 cm³/mol. The molecular formula is C5H8ClO3S-. The quantitative estimate of drug-likeness (QED) is 0.477. The van der Waals surface area contributed by atoms with Crippen LogP contribution in [0.4, 0.5) is 0 Å². The fourth-order valence-electron chi connectivity index (χ4n) is 0.560. The van der Waals surface area contributed by atoms with Crippen LogP contribution in [-0.4, -0.2) is 19.3 Å². The van der Waals surface area contributed by atoms with Gasteiger partial charge in [0.1, 0.15) is 0 Å².